The lowest BCUT2D eigenvalue weighted by Gasteiger charge is -2.41. The van der Waals surface area contributed by atoms with Gasteiger partial charge in [-0.3, -0.25) is 0 Å². The maximum absolute atomic E-state index is 4.38. The number of anilines is 1. The van der Waals surface area contributed by atoms with Crippen LogP contribution < -0.4 is 10.2 Å². The third-order valence-corrected chi connectivity index (χ3v) is 4.50. The summed E-state index contributed by atoms with van der Waals surface area (Å²) in [4.78, 5) is 2.33. The summed E-state index contributed by atoms with van der Waals surface area (Å²) in [7, 11) is 0. The van der Waals surface area contributed by atoms with Crippen LogP contribution in [0, 0.1) is 5.92 Å². The van der Waals surface area contributed by atoms with E-state index in [-0.39, 0.29) is 5.41 Å². The standard InChI is InChI=1S/C16H26N4/c1-16(2,3)14-7-8-15(19-18-14)20-10-12(11-20)9-17-13-5-4-6-13/h7-8,12-13,17H,4-6,9-11H2,1-3H3. The fourth-order valence-electron chi connectivity index (χ4n) is 2.73. The SMILES string of the molecule is CC(C)(C)c1ccc(N2CC(CNC3CCC3)C2)nn1. The van der Waals surface area contributed by atoms with Gasteiger partial charge in [0.05, 0.1) is 5.69 Å². The number of nitrogens with zero attached hydrogens (tertiary/aromatic N) is 3. The molecule has 1 aliphatic heterocycles. The average Bonchev–Trinajstić information content (AvgIpc) is 2.29. The van der Waals surface area contributed by atoms with Gasteiger partial charge in [-0.1, -0.05) is 27.2 Å². The highest BCUT2D eigenvalue weighted by molar-refractivity contribution is 5.41. The first kappa shape index (κ1) is 13.8. The van der Waals surface area contributed by atoms with E-state index in [1.165, 1.54) is 19.3 Å². The van der Waals surface area contributed by atoms with Gasteiger partial charge in [0.15, 0.2) is 5.82 Å². The van der Waals surface area contributed by atoms with E-state index in [0.717, 1.165) is 43.1 Å². The molecule has 3 rings (SSSR count). The van der Waals surface area contributed by atoms with Gasteiger partial charge >= 0.3 is 0 Å². The Morgan fingerprint density at radius 3 is 2.45 bits per heavy atom. The molecule has 110 valence electrons. The summed E-state index contributed by atoms with van der Waals surface area (Å²) < 4.78 is 0. The van der Waals surface area contributed by atoms with Gasteiger partial charge in [0, 0.05) is 37.0 Å². The smallest absolute Gasteiger partial charge is 0.151 e. The van der Waals surface area contributed by atoms with Crippen molar-refractivity contribution in [3.8, 4) is 0 Å². The van der Waals surface area contributed by atoms with Crippen molar-refractivity contribution in [2.75, 3.05) is 24.5 Å². The normalized spacial score (nSPS) is 20.6. The van der Waals surface area contributed by atoms with E-state index in [9.17, 15) is 0 Å². The molecule has 1 aliphatic carbocycles. The second kappa shape index (κ2) is 5.32. The molecule has 4 heteroatoms. The van der Waals surface area contributed by atoms with E-state index in [1.54, 1.807) is 0 Å². The van der Waals surface area contributed by atoms with Crippen LogP contribution in [-0.4, -0.2) is 35.9 Å². The molecule has 1 saturated carbocycles. The van der Waals surface area contributed by atoms with Crippen molar-refractivity contribution >= 4 is 5.82 Å². The fraction of sp³-hybridized carbons (Fsp3) is 0.750. The second-order valence-electron chi connectivity index (χ2n) is 7.33. The van der Waals surface area contributed by atoms with E-state index in [0.29, 0.717) is 0 Å². The van der Waals surface area contributed by atoms with Crippen LogP contribution in [0.4, 0.5) is 5.82 Å². The first-order valence-electron chi connectivity index (χ1n) is 7.85. The largest absolute Gasteiger partial charge is 0.354 e. The Balaban J connectivity index is 1.47. The van der Waals surface area contributed by atoms with Crippen LogP contribution in [0.5, 0.6) is 0 Å². The van der Waals surface area contributed by atoms with Crippen LogP contribution in [-0.2, 0) is 5.41 Å². The molecular formula is C16H26N4. The number of aromatic nitrogens is 2. The minimum absolute atomic E-state index is 0.0791. The lowest BCUT2D eigenvalue weighted by Crippen LogP contribution is -2.53. The third kappa shape index (κ3) is 2.95. The summed E-state index contributed by atoms with van der Waals surface area (Å²) in [6, 6.07) is 5.03. The van der Waals surface area contributed by atoms with Crippen molar-refractivity contribution in [3.63, 3.8) is 0 Å². The Morgan fingerprint density at radius 1 is 1.20 bits per heavy atom. The number of rotatable bonds is 4. The van der Waals surface area contributed by atoms with Crippen LogP contribution in [0.1, 0.15) is 45.7 Å². The fourth-order valence-corrected chi connectivity index (χ4v) is 2.73. The Labute approximate surface area is 122 Å². The van der Waals surface area contributed by atoms with Gasteiger partial charge in [-0.05, 0) is 25.0 Å². The lowest BCUT2D eigenvalue weighted by atomic mass is 9.91. The van der Waals surface area contributed by atoms with Crippen LogP contribution >= 0.6 is 0 Å². The molecule has 2 fully saturated rings. The van der Waals surface area contributed by atoms with Gasteiger partial charge in [-0.2, -0.15) is 5.10 Å². The zero-order chi connectivity index (χ0) is 14.2. The van der Waals surface area contributed by atoms with Crippen molar-refractivity contribution in [1.82, 2.24) is 15.5 Å². The molecule has 1 saturated heterocycles. The van der Waals surface area contributed by atoms with Crippen LogP contribution in [0.2, 0.25) is 0 Å². The third-order valence-electron chi connectivity index (χ3n) is 4.50. The summed E-state index contributed by atoms with van der Waals surface area (Å²) >= 11 is 0. The molecule has 0 amide bonds. The maximum atomic E-state index is 4.38. The number of hydrogen-bond donors (Lipinski definition) is 1. The van der Waals surface area contributed by atoms with Crippen LogP contribution in [0.3, 0.4) is 0 Å². The highest BCUT2D eigenvalue weighted by atomic mass is 15.3. The number of hydrogen-bond acceptors (Lipinski definition) is 4. The Bertz CT molecular complexity index is 439. The predicted molar refractivity (Wildman–Crippen MR) is 82.1 cm³/mol. The second-order valence-corrected chi connectivity index (χ2v) is 7.33. The molecule has 0 atom stereocenters. The van der Waals surface area contributed by atoms with E-state index in [2.05, 4.69) is 53.3 Å². The van der Waals surface area contributed by atoms with Crippen molar-refractivity contribution in [2.45, 2.75) is 51.5 Å². The molecule has 0 radical (unpaired) electrons. The van der Waals surface area contributed by atoms with Gasteiger partial charge in [-0.15, -0.1) is 5.10 Å². The molecule has 0 bridgehead atoms. The molecule has 0 spiro atoms. The minimum atomic E-state index is 0.0791. The molecule has 2 aliphatic rings. The molecule has 0 unspecified atom stereocenters. The Morgan fingerprint density at radius 2 is 1.95 bits per heavy atom. The summed E-state index contributed by atoms with van der Waals surface area (Å²) in [5, 5.41) is 12.4. The van der Waals surface area contributed by atoms with Crippen molar-refractivity contribution in [2.24, 2.45) is 5.92 Å². The van der Waals surface area contributed by atoms with E-state index < -0.39 is 0 Å². The summed E-state index contributed by atoms with van der Waals surface area (Å²) in [6.45, 7) is 9.90. The van der Waals surface area contributed by atoms with Gasteiger partial charge in [0.25, 0.3) is 0 Å². The van der Waals surface area contributed by atoms with Gasteiger partial charge in [-0.25, -0.2) is 0 Å². The maximum Gasteiger partial charge on any atom is 0.151 e. The van der Waals surface area contributed by atoms with E-state index >= 15 is 0 Å². The predicted octanol–water partition coefficient (Wildman–Crippen LogP) is 2.35. The van der Waals surface area contributed by atoms with E-state index in [4.69, 9.17) is 0 Å². The summed E-state index contributed by atoms with van der Waals surface area (Å²) in [6.07, 6.45) is 4.15. The molecule has 1 aromatic rings. The molecule has 2 heterocycles. The molecule has 4 nitrogen and oxygen atoms in total. The van der Waals surface area contributed by atoms with Crippen LogP contribution in [0.25, 0.3) is 0 Å². The first-order chi connectivity index (χ1) is 9.52. The van der Waals surface area contributed by atoms with Gasteiger partial charge < -0.3 is 10.2 Å². The molecular weight excluding hydrogens is 248 g/mol. The van der Waals surface area contributed by atoms with Crippen LogP contribution in [0.15, 0.2) is 12.1 Å². The van der Waals surface area contributed by atoms with Gasteiger partial charge in [0.1, 0.15) is 0 Å². The van der Waals surface area contributed by atoms with Crippen molar-refractivity contribution in [3.05, 3.63) is 17.8 Å². The summed E-state index contributed by atoms with van der Waals surface area (Å²) in [5.74, 6) is 1.80. The van der Waals surface area contributed by atoms with Crippen molar-refractivity contribution < 1.29 is 0 Å². The monoisotopic (exact) mass is 274 g/mol. The Kier molecular flexibility index (Phi) is 3.67. The first-order valence-corrected chi connectivity index (χ1v) is 7.85. The van der Waals surface area contributed by atoms with Gasteiger partial charge in [0.2, 0.25) is 0 Å². The highest BCUT2D eigenvalue weighted by Gasteiger charge is 2.29. The zero-order valence-electron chi connectivity index (χ0n) is 12.9. The molecule has 1 aromatic heterocycles. The minimum Gasteiger partial charge on any atom is -0.354 e. The quantitative estimate of drug-likeness (QED) is 0.915. The molecule has 20 heavy (non-hydrogen) atoms. The molecule has 1 N–H and O–H groups in total. The molecule has 0 aromatic carbocycles. The summed E-state index contributed by atoms with van der Waals surface area (Å²) in [5.41, 5.74) is 1.14. The average molecular weight is 274 g/mol. The van der Waals surface area contributed by atoms with Crippen molar-refractivity contribution in [1.29, 1.82) is 0 Å². The zero-order valence-corrected chi connectivity index (χ0v) is 12.9. The Hall–Kier alpha value is -1.16. The number of nitrogens with one attached hydrogen (secondary N) is 1. The highest BCUT2D eigenvalue weighted by Crippen LogP contribution is 2.25. The lowest BCUT2D eigenvalue weighted by molar-refractivity contribution is 0.294. The van der Waals surface area contributed by atoms with E-state index in [1.807, 2.05) is 0 Å². The topological polar surface area (TPSA) is 41.0 Å².